The summed E-state index contributed by atoms with van der Waals surface area (Å²) in [6.07, 6.45) is 0. The summed E-state index contributed by atoms with van der Waals surface area (Å²) in [5.74, 6) is 1.85. The highest BCUT2D eigenvalue weighted by Crippen LogP contribution is 2.19. The zero-order valence-corrected chi connectivity index (χ0v) is 7.53. The molecule has 1 heterocycles. The quantitative estimate of drug-likeness (QED) is 0.597. The van der Waals surface area contributed by atoms with Gasteiger partial charge in [-0.1, -0.05) is 18.2 Å². The third-order valence-corrected chi connectivity index (χ3v) is 1.91. The molecule has 0 N–H and O–H groups in total. The van der Waals surface area contributed by atoms with Gasteiger partial charge in [0.2, 0.25) is 0 Å². The van der Waals surface area contributed by atoms with Gasteiger partial charge in [0.25, 0.3) is 0 Å². The standard InChI is InChI=1S/C12H11O/c1-10-6-5-9-12(13-10)11-7-3-2-4-8-11/h2-9H,1H3/q+1. The van der Waals surface area contributed by atoms with Crippen molar-refractivity contribution in [3.05, 3.63) is 54.3 Å². The lowest BCUT2D eigenvalue weighted by atomic mass is 10.1. The van der Waals surface area contributed by atoms with Crippen molar-refractivity contribution in [2.45, 2.75) is 6.92 Å². The van der Waals surface area contributed by atoms with Crippen LogP contribution in [-0.4, -0.2) is 0 Å². The molecule has 0 aliphatic carbocycles. The molecular formula is C12H11O+. The number of hydrogen-bond donors (Lipinski definition) is 0. The Bertz CT molecular complexity index is 393. The van der Waals surface area contributed by atoms with Crippen molar-refractivity contribution in [3.63, 3.8) is 0 Å². The number of benzene rings is 1. The molecule has 0 atom stereocenters. The van der Waals surface area contributed by atoms with Crippen LogP contribution in [0.5, 0.6) is 0 Å². The lowest BCUT2D eigenvalue weighted by Crippen LogP contribution is -1.77. The Kier molecular flexibility index (Phi) is 2.09. The third kappa shape index (κ3) is 1.75. The molecule has 0 unspecified atom stereocenters. The Morgan fingerprint density at radius 3 is 2.31 bits per heavy atom. The fourth-order valence-electron chi connectivity index (χ4n) is 1.27. The smallest absolute Gasteiger partial charge is 0.213 e. The summed E-state index contributed by atoms with van der Waals surface area (Å²) >= 11 is 0. The van der Waals surface area contributed by atoms with Crippen LogP contribution in [0, 0.1) is 6.92 Å². The summed E-state index contributed by atoms with van der Waals surface area (Å²) in [6, 6.07) is 16.0. The van der Waals surface area contributed by atoms with E-state index in [4.69, 9.17) is 4.42 Å². The summed E-state index contributed by atoms with van der Waals surface area (Å²) in [5.41, 5.74) is 1.12. The van der Waals surface area contributed by atoms with Crippen molar-refractivity contribution in [2.24, 2.45) is 0 Å². The van der Waals surface area contributed by atoms with Crippen molar-refractivity contribution in [1.29, 1.82) is 0 Å². The fourth-order valence-corrected chi connectivity index (χ4v) is 1.27. The van der Waals surface area contributed by atoms with Crippen molar-refractivity contribution < 1.29 is 4.42 Å². The van der Waals surface area contributed by atoms with Gasteiger partial charge in [-0.25, -0.2) is 4.42 Å². The van der Waals surface area contributed by atoms with Gasteiger partial charge in [-0.05, 0) is 18.2 Å². The highest BCUT2D eigenvalue weighted by atomic mass is 16.3. The minimum Gasteiger partial charge on any atom is -0.213 e. The molecular weight excluding hydrogens is 160 g/mol. The largest absolute Gasteiger partial charge is 0.360 e. The molecule has 1 aromatic carbocycles. The van der Waals surface area contributed by atoms with Crippen LogP contribution < -0.4 is 0 Å². The molecule has 0 saturated carbocycles. The lowest BCUT2D eigenvalue weighted by Gasteiger charge is -1.89. The minimum absolute atomic E-state index is 0.917. The first-order chi connectivity index (χ1) is 6.36. The summed E-state index contributed by atoms with van der Waals surface area (Å²) in [7, 11) is 0. The van der Waals surface area contributed by atoms with Crippen LogP contribution in [0.25, 0.3) is 11.3 Å². The highest BCUT2D eigenvalue weighted by molar-refractivity contribution is 5.56. The molecule has 1 aromatic heterocycles. The Balaban J connectivity index is 2.48. The second-order valence-electron chi connectivity index (χ2n) is 2.97. The van der Waals surface area contributed by atoms with Crippen LogP contribution in [0.2, 0.25) is 0 Å². The van der Waals surface area contributed by atoms with Crippen molar-refractivity contribution in [1.82, 2.24) is 0 Å². The van der Waals surface area contributed by atoms with E-state index in [0.717, 1.165) is 17.1 Å². The van der Waals surface area contributed by atoms with E-state index < -0.39 is 0 Å². The van der Waals surface area contributed by atoms with Crippen LogP contribution >= 0.6 is 0 Å². The number of hydrogen-bond acceptors (Lipinski definition) is 0. The van der Waals surface area contributed by atoms with E-state index in [2.05, 4.69) is 0 Å². The molecule has 0 radical (unpaired) electrons. The predicted molar refractivity (Wildman–Crippen MR) is 53.3 cm³/mol. The van der Waals surface area contributed by atoms with E-state index in [-0.39, 0.29) is 0 Å². The minimum atomic E-state index is 0.917. The normalized spacial score (nSPS) is 9.92. The summed E-state index contributed by atoms with van der Waals surface area (Å²) < 4.78 is 5.56. The van der Waals surface area contributed by atoms with Gasteiger partial charge in [0.1, 0.15) is 0 Å². The van der Waals surface area contributed by atoms with Crippen LogP contribution in [0.4, 0.5) is 0 Å². The van der Waals surface area contributed by atoms with E-state index in [1.54, 1.807) is 0 Å². The Morgan fingerprint density at radius 1 is 0.846 bits per heavy atom. The monoisotopic (exact) mass is 171 g/mol. The summed E-state index contributed by atoms with van der Waals surface area (Å²) in [4.78, 5) is 0. The molecule has 13 heavy (non-hydrogen) atoms. The van der Waals surface area contributed by atoms with Gasteiger partial charge >= 0.3 is 11.5 Å². The molecule has 0 spiro atoms. The summed E-state index contributed by atoms with van der Waals surface area (Å²) in [6.45, 7) is 1.95. The average molecular weight is 171 g/mol. The first-order valence-corrected chi connectivity index (χ1v) is 4.31. The second-order valence-corrected chi connectivity index (χ2v) is 2.97. The Hall–Kier alpha value is -1.63. The molecule has 64 valence electrons. The SMILES string of the molecule is Cc1cccc(-c2ccccc2)[o+]1. The summed E-state index contributed by atoms with van der Waals surface area (Å²) in [5, 5.41) is 0. The zero-order valence-electron chi connectivity index (χ0n) is 7.53. The Labute approximate surface area is 77.7 Å². The van der Waals surface area contributed by atoms with Gasteiger partial charge in [0, 0.05) is 12.1 Å². The van der Waals surface area contributed by atoms with Gasteiger partial charge in [0.05, 0.1) is 12.5 Å². The van der Waals surface area contributed by atoms with Crippen molar-refractivity contribution in [3.8, 4) is 11.3 Å². The maximum atomic E-state index is 5.56. The molecule has 1 nitrogen and oxygen atoms in total. The Morgan fingerprint density at radius 2 is 1.62 bits per heavy atom. The van der Waals surface area contributed by atoms with Crippen LogP contribution in [0.3, 0.4) is 0 Å². The first-order valence-electron chi connectivity index (χ1n) is 4.31. The topological polar surface area (TPSA) is 11.3 Å². The van der Waals surface area contributed by atoms with Crippen molar-refractivity contribution in [2.75, 3.05) is 0 Å². The molecule has 2 rings (SSSR count). The average Bonchev–Trinajstić information content (AvgIpc) is 2.19. The molecule has 1 heteroatoms. The molecule has 0 aliphatic heterocycles. The van der Waals surface area contributed by atoms with Crippen LogP contribution in [0.1, 0.15) is 5.76 Å². The molecule has 0 aliphatic rings. The molecule has 0 fully saturated rings. The van der Waals surface area contributed by atoms with Gasteiger partial charge < -0.3 is 0 Å². The fraction of sp³-hybridized carbons (Fsp3) is 0.0833. The van der Waals surface area contributed by atoms with Gasteiger partial charge in [0.15, 0.2) is 0 Å². The highest BCUT2D eigenvalue weighted by Gasteiger charge is 2.10. The van der Waals surface area contributed by atoms with E-state index >= 15 is 0 Å². The maximum Gasteiger partial charge on any atom is 0.360 e. The lowest BCUT2D eigenvalue weighted by molar-refractivity contribution is 0.531. The molecule has 0 amide bonds. The van der Waals surface area contributed by atoms with Crippen molar-refractivity contribution >= 4 is 0 Å². The molecule has 2 aromatic rings. The first kappa shape index (κ1) is 7.99. The molecule has 0 bridgehead atoms. The van der Waals surface area contributed by atoms with E-state index in [1.165, 1.54) is 0 Å². The maximum absolute atomic E-state index is 5.56. The van der Waals surface area contributed by atoms with Crippen LogP contribution in [0.15, 0.2) is 52.9 Å². The van der Waals surface area contributed by atoms with E-state index in [9.17, 15) is 0 Å². The predicted octanol–water partition coefficient (Wildman–Crippen LogP) is 3.54. The van der Waals surface area contributed by atoms with E-state index in [1.807, 2.05) is 55.5 Å². The third-order valence-electron chi connectivity index (χ3n) is 1.91. The zero-order chi connectivity index (χ0) is 9.10. The van der Waals surface area contributed by atoms with Gasteiger partial charge in [-0.3, -0.25) is 0 Å². The van der Waals surface area contributed by atoms with Crippen LogP contribution in [-0.2, 0) is 0 Å². The second kappa shape index (κ2) is 3.40. The van der Waals surface area contributed by atoms with E-state index in [0.29, 0.717) is 0 Å². The number of rotatable bonds is 1. The van der Waals surface area contributed by atoms with Gasteiger partial charge in [-0.15, -0.1) is 0 Å². The van der Waals surface area contributed by atoms with Gasteiger partial charge in [-0.2, -0.15) is 0 Å². The number of aryl methyl sites for hydroxylation is 1. The molecule has 0 saturated heterocycles.